The number of nitrogens with two attached hydrogens (primary N) is 1. The Balaban J connectivity index is 1.78. The van der Waals surface area contributed by atoms with Crippen LogP contribution in [0.1, 0.15) is 29.4 Å². The van der Waals surface area contributed by atoms with Gasteiger partial charge in [-0.15, -0.1) is 11.3 Å². The second-order valence-electron chi connectivity index (χ2n) is 6.08. The normalized spacial score (nSPS) is 17.4. The fourth-order valence-electron chi connectivity index (χ4n) is 3.03. The lowest BCUT2D eigenvalue weighted by atomic mass is 9.91. The standard InChI is InChI=1S/C16H19N3O3S/c1-10(17)11-4-6-18(7-5-11)16(20)15-9-12-8-13(19(21)22)2-3-14(12)23-15/h2-3,8-11H,4-7,17H2,1H3. The van der Waals surface area contributed by atoms with Gasteiger partial charge in [-0.3, -0.25) is 14.9 Å². The van der Waals surface area contributed by atoms with E-state index in [0.717, 1.165) is 36.0 Å². The molecule has 6 nitrogen and oxygen atoms in total. The van der Waals surface area contributed by atoms with E-state index >= 15 is 0 Å². The van der Waals surface area contributed by atoms with Gasteiger partial charge in [-0.05, 0) is 37.8 Å². The molecular formula is C16H19N3O3S. The van der Waals surface area contributed by atoms with Crippen LogP contribution in [0.5, 0.6) is 0 Å². The number of likely N-dealkylation sites (tertiary alicyclic amines) is 1. The molecule has 1 aromatic carbocycles. The summed E-state index contributed by atoms with van der Waals surface area (Å²) in [5.74, 6) is 0.487. The summed E-state index contributed by atoms with van der Waals surface area (Å²) in [4.78, 5) is 25.6. The number of hydrogen-bond donors (Lipinski definition) is 1. The number of non-ortho nitro benzene ring substituents is 1. The molecule has 1 aliphatic heterocycles. The molecule has 1 aromatic heterocycles. The maximum Gasteiger partial charge on any atom is 0.270 e. The first kappa shape index (κ1) is 15.9. The Hall–Kier alpha value is -1.99. The van der Waals surface area contributed by atoms with E-state index in [4.69, 9.17) is 5.73 Å². The molecule has 1 amide bonds. The number of thiophene rings is 1. The first-order chi connectivity index (χ1) is 11.0. The van der Waals surface area contributed by atoms with Crippen molar-refractivity contribution in [3.8, 4) is 0 Å². The van der Waals surface area contributed by atoms with Gasteiger partial charge in [0.1, 0.15) is 0 Å². The topological polar surface area (TPSA) is 89.5 Å². The molecule has 1 aliphatic rings. The zero-order valence-electron chi connectivity index (χ0n) is 12.9. The average Bonchev–Trinajstić information content (AvgIpc) is 2.97. The molecule has 1 saturated heterocycles. The van der Waals surface area contributed by atoms with Gasteiger partial charge in [0, 0.05) is 41.4 Å². The van der Waals surface area contributed by atoms with Crippen molar-refractivity contribution in [1.82, 2.24) is 4.90 Å². The smallest absolute Gasteiger partial charge is 0.270 e. The van der Waals surface area contributed by atoms with Crippen molar-refractivity contribution < 1.29 is 9.72 Å². The summed E-state index contributed by atoms with van der Waals surface area (Å²) in [5.41, 5.74) is 5.98. The second kappa shape index (κ2) is 6.25. The van der Waals surface area contributed by atoms with Gasteiger partial charge in [-0.25, -0.2) is 0 Å². The number of carbonyl (C=O) groups excluding carboxylic acids is 1. The van der Waals surface area contributed by atoms with E-state index in [-0.39, 0.29) is 17.6 Å². The van der Waals surface area contributed by atoms with Crippen molar-refractivity contribution in [2.24, 2.45) is 11.7 Å². The lowest BCUT2D eigenvalue weighted by molar-refractivity contribution is -0.384. The second-order valence-corrected chi connectivity index (χ2v) is 7.16. The third-order valence-corrected chi connectivity index (χ3v) is 5.60. The SMILES string of the molecule is CC(N)C1CCN(C(=O)c2cc3cc([N+](=O)[O-])ccc3s2)CC1. The molecule has 0 spiro atoms. The van der Waals surface area contributed by atoms with Gasteiger partial charge in [0.25, 0.3) is 11.6 Å². The molecule has 1 atom stereocenters. The molecule has 0 aliphatic carbocycles. The Labute approximate surface area is 138 Å². The molecule has 0 bridgehead atoms. The van der Waals surface area contributed by atoms with Crippen molar-refractivity contribution in [3.05, 3.63) is 39.3 Å². The summed E-state index contributed by atoms with van der Waals surface area (Å²) < 4.78 is 0.893. The minimum atomic E-state index is -0.419. The molecule has 0 radical (unpaired) electrons. The van der Waals surface area contributed by atoms with Crippen molar-refractivity contribution in [2.45, 2.75) is 25.8 Å². The molecule has 1 unspecified atom stereocenters. The Kier molecular flexibility index (Phi) is 4.32. The quantitative estimate of drug-likeness (QED) is 0.690. The predicted molar refractivity (Wildman–Crippen MR) is 90.8 cm³/mol. The molecule has 0 saturated carbocycles. The largest absolute Gasteiger partial charge is 0.338 e. The van der Waals surface area contributed by atoms with E-state index in [1.54, 1.807) is 12.1 Å². The number of nitrogens with zero attached hydrogens (tertiary/aromatic N) is 2. The van der Waals surface area contributed by atoms with Crippen LogP contribution in [0, 0.1) is 16.0 Å². The number of fused-ring (bicyclic) bond motifs is 1. The van der Waals surface area contributed by atoms with Gasteiger partial charge < -0.3 is 10.6 Å². The fraction of sp³-hybridized carbons (Fsp3) is 0.438. The molecule has 1 fully saturated rings. The minimum absolute atomic E-state index is 0.0111. The first-order valence-electron chi connectivity index (χ1n) is 7.68. The summed E-state index contributed by atoms with van der Waals surface area (Å²) in [6.45, 7) is 3.46. The number of nitro benzene ring substituents is 1. The molecule has 122 valence electrons. The Morgan fingerprint density at radius 2 is 2.09 bits per heavy atom. The third kappa shape index (κ3) is 3.20. The lowest BCUT2D eigenvalue weighted by Gasteiger charge is -2.33. The summed E-state index contributed by atoms with van der Waals surface area (Å²) in [6.07, 6.45) is 1.86. The lowest BCUT2D eigenvalue weighted by Crippen LogP contribution is -2.42. The Bertz CT molecular complexity index is 748. The van der Waals surface area contributed by atoms with E-state index < -0.39 is 4.92 Å². The van der Waals surface area contributed by atoms with Crippen LogP contribution in [-0.4, -0.2) is 34.9 Å². The maximum absolute atomic E-state index is 12.6. The molecule has 2 heterocycles. The van der Waals surface area contributed by atoms with Crippen LogP contribution < -0.4 is 5.73 Å². The number of hydrogen-bond acceptors (Lipinski definition) is 5. The first-order valence-corrected chi connectivity index (χ1v) is 8.50. The number of rotatable bonds is 3. The molecule has 2 N–H and O–H groups in total. The van der Waals surface area contributed by atoms with Crippen LogP contribution in [-0.2, 0) is 0 Å². The minimum Gasteiger partial charge on any atom is -0.338 e. The van der Waals surface area contributed by atoms with Crippen LogP contribution in [0.4, 0.5) is 5.69 Å². The Morgan fingerprint density at radius 3 is 2.70 bits per heavy atom. The van der Waals surface area contributed by atoms with Crippen molar-refractivity contribution in [2.75, 3.05) is 13.1 Å². The monoisotopic (exact) mass is 333 g/mol. The zero-order valence-corrected chi connectivity index (χ0v) is 13.7. The number of benzene rings is 1. The molecular weight excluding hydrogens is 314 g/mol. The van der Waals surface area contributed by atoms with Crippen LogP contribution in [0.2, 0.25) is 0 Å². The van der Waals surface area contributed by atoms with Crippen LogP contribution in [0.3, 0.4) is 0 Å². The average molecular weight is 333 g/mol. The number of amides is 1. The molecule has 3 rings (SSSR count). The highest BCUT2D eigenvalue weighted by molar-refractivity contribution is 7.20. The van der Waals surface area contributed by atoms with Crippen LogP contribution >= 0.6 is 11.3 Å². The highest BCUT2D eigenvalue weighted by Gasteiger charge is 2.26. The highest BCUT2D eigenvalue weighted by atomic mass is 32.1. The highest BCUT2D eigenvalue weighted by Crippen LogP contribution is 2.30. The summed E-state index contributed by atoms with van der Waals surface area (Å²) in [6, 6.07) is 6.62. The van der Waals surface area contributed by atoms with Gasteiger partial charge in [-0.1, -0.05) is 0 Å². The maximum atomic E-state index is 12.6. The fourth-order valence-corrected chi connectivity index (χ4v) is 4.04. The summed E-state index contributed by atoms with van der Waals surface area (Å²) in [5, 5.41) is 11.6. The van der Waals surface area contributed by atoms with Gasteiger partial charge in [0.15, 0.2) is 0 Å². The third-order valence-electron chi connectivity index (χ3n) is 4.49. The van der Waals surface area contributed by atoms with E-state index in [2.05, 4.69) is 0 Å². The van der Waals surface area contributed by atoms with Crippen LogP contribution in [0.15, 0.2) is 24.3 Å². The van der Waals surface area contributed by atoms with Crippen LogP contribution in [0.25, 0.3) is 10.1 Å². The Morgan fingerprint density at radius 1 is 1.39 bits per heavy atom. The molecule has 23 heavy (non-hydrogen) atoms. The molecule has 7 heteroatoms. The predicted octanol–water partition coefficient (Wildman–Crippen LogP) is 3.01. The van der Waals surface area contributed by atoms with Gasteiger partial charge >= 0.3 is 0 Å². The van der Waals surface area contributed by atoms with Crippen molar-refractivity contribution >= 4 is 33.0 Å². The number of piperidine rings is 1. The summed E-state index contributed by atoms with van der Waals surface area (Å²) in [7, 11) is 0. The van der Waals surface area contributed by atoms with E-state index in [1.807, 2.05) is 11.8 Å². The zero-order chi connectivity index (χ0) is 16.6. The van der Waals surface area contributed by atoms with Gasteiger partial charge in [0.2, 0.25) is 0 Å². The number of nitro groups is 1. The van der Waals surface area contributed by atoms with Crippen molar-refractivity contribution in [3.63, 3.8) is 0 Å². The number of carbonyl (C=O) groups is 1. The van der Waals surface area contributed by atoms with Crippen molar-refractivity contribution in [1.29, 1.82) is 0 Å². The summed E-state index contributed by atoms with van der Waals surface area (Å²) >= 11 is 1.39. The van der Waals surface area contributed by atoms with E-state index in [1.165, 1.54) is 23.5 Å². The van der Waals surface area contributed by atoms with E-state index in [9.17, 15) is 14.9 Å². The van der Waals surface area contributed by atoms with Gasteiger partial charge in [0.05, 0.1) is 9.80 Å². The van der Waals surface area contributed by atoms with E-state index in [0.29, 0.717) is 10.8 Å². The van der Waals surface area contributed by atoms with Gasteiger partial charge in [-0.2, -0.15) is 0 Å². The molecule has 2 aromatic rings.